The van der Waals surface area contributed by atoms with Gasteiger partial charge in [0.1, 0.15) is 0 Å². The van der Waals surface area contributed by atoms with Gasteiger partial charge in [0.2, 0.25) is 0 Å². The molecule has 0 saturated heterocycles. The van der Waals surface area contributed by atoms with E-state index in [9.17, 15) is 0 Å². The average Bonchev–Trinajstić information content (AvgIpc) is 2.80. The topological polar surface area (TPSA) is 37.4 Å². The van der Waals surface area contributed by atoms with Crippen LogP contribution in [-0.4, -0.2) is 38.3 Å². The van der Waals surface area contributed by atoms with Crippen molar-refractivity contribution < 1.29 is 4.74 Å². The van der Waals surface area contributed by atoms with Crippen molar-refractivity contribution in [1.29, 1.82) is 0 Å². The van der Waals surface area contributed by atoms with Gasteiger partial charge in [0, 0.05) is 38.7 Å². The summed E-state index contributed by atoms with van der Waals surface area (Å²) in [6.45, 7) is 8.92. The second-order valence-electron chi connectivity index (χ2n) is 3.87. The van der Waals surface area contributed by atoms with Crippen LogP contribution in [0.15, 0.2) is 5.38 Å². The van der Waals surface area contributed by atoms with Crippen molar-refractivity contribution in [2.75, 3.05) is 38.3 Å². The van der Waals surface area contributed by atoms with Gasteiger partial charge < -0.3 is 15.0 Å². The maximum absolute atomic E-state index is 4.98. The number of anilines is 1. The van der Waals surface area contributed by atoms with Gasteiger partial charge >= 0.3 is 0 Å². The molecule has 1 N–H and O–H groups in total. The number of nitrogens with zero attached hydrogens (tertiary/aromatic N) is 2. The minimum absolute atomic E-state index is 0.744. The number of rotatable bonds is 9. The molecule has 0 fully saturated rings. The molecule has 1 aromatic rings. The normalized spacial score (nSPS) is 10.8. The predicted octanol–water partition coefficient (Wildman–Crippen LogP) is 2.12. The lowest BCUT2D eigenvalue weighted by molar-refractivity contribution is 0.199. The summed E-state index contributed by atoms with van der Waals surface area (Å²) in [6.07, 6.45) is 1.16. The Balaban J connectivity index is 2.40. The molecule has 0 aliphatic carbocycles. The van der Waals surface area contributed by atoms with Crippen LogP contribution in [0, 0.1) is 0 Å². The Hall–Kier alpha value is -0.650. The molecule has 0 amide bonds. The molecular formula is C12H23N3OS. The Morgan fingerprint density at radius 3 is 2.94 bits per heavy atom. The number of methoxy groups -OCH3 is 1. The molecule has 0 radical (unpaired) electrons. The van der Waals surface area contributed by atoms with Crippen molar-refractivity contribution >= 4 is 16.5 Å². The van der Waals surface area contributed by atoms with Crippen LogP contribution in [0.3, 0.4) is 0 Å². The van der Waals surface area contributed by atoms with Gasteiger partial charge in [-0.2, -0.15) is 0 Å². The number of aromatic nitrogens is 1. The third kappa shape index (κ3) is 5.02. The van der Waals surface area contributed by atoms with E-state index in [2.05, 4.69) is 34.4 Å². The molecule has 0 bridgehead atoms. The van der Waals surface area contributed by atoms with E-state index < -0.39 is 0 Å². The van der Waals surface area contributed by atoms with Crippen molar-refractivity contribution in [3.63, 3.8) is 0 Å². The van der Waals surface area contributed by atoms with Crippen molar-refractivity contribution in [2.24, 2.45) is 0 Å². The highest BCUT2D eigenvalue weighted by Crippen LogP contribution is 2.20. The minimum atomic E-state index is 0.744. The lowest BCUT2D eigenvalue weighted by atomic mass is 10.4. The summed E-state index contributed by atoms with van der Waals surface area (Å²) >= 11 is 1.73. The van der Waals surface area contributed by atoms with Crippen molar-refractivity contribution in [2.45, 2.75) is 26.8 Å². The summed E-state index contributed by atoms with van der Waals surface area (Å²) in [4.78, 5) is 6.96. The van der Waals surface area contributed by atoms with Crippen LogP contribution in [0.5, 0.6) is 0 Å². The Bertz CT molecular complexity index is 304. The van der Waals surface area contributed by atoms with E-state index in [1.807, 2.05) is 0 Å². The van der Waals surface area contributed by atoms with Crippen molar-refractivity contribution in [1.82, 2.24) is 10.3 Å². The molecule has 1 heterocycles. The SMILES string of the molecule is CCCN(CC)c1nc(CNCCOC)cs1. The summed E-state index contributed by atoms with van der Waals surface area (Å²) in [6, 6.07) is 0. The quantitative estimate of drug-likeness (QED) is 0.688. The van der Waals surface area contributed by atoms with Crippen LogP contribution in [0.25, 0.3) is 0 Å². The first-order valence-corrected chi connectivity index (χ1v) is 7.08. The van der Waals surface area contributed by atoms with E-state index in [1.54, 1.807) is 18.4 Å². The Morgan fingerprint density at radius 2 is 2.29 bits per heavy atom. The first-order valence-electron chi connectivity index (χ1n) is 6.20. The fourth-order valence-electron chi connectivity index (χ4n) is 1.57. The predicted molar refractivity (Wildman–Crippen MR) is 73.9 cm³/mol. The molecule has 0 aromatic carbocycles. The van der Waals surface area contributed by atoms with Gasteiger partial charge in [-0.15, -0.1) is 11.3 Å². The van der Waals surface area contributed by atoms with Crippen molar-refractivity contribution in [3.05, 3.63) is 11.1 Å². The fraction of sp³-hybridized carbons (Fsp3) is 0.750. The van der Waals surface area contributed by atoms with Gasteiger partial charge in [0.25, 0.3) is 0 Å². The summed E-state index contributed by atoms with van der Waals surface area (Å²) in [5.41, 5.74) is 1.12. The molecule has 1 aromatic heterocycles. The van der Waals surface area contributed by atoms with E-state index in [-0.39, 0.29) is 0 Å². The van der Waals surface area contributed by atoms with Crippen LogP contribution in [0.2, 0.25) is 0 Å². The summed E-state index contributed by atoms with van der Waals surface area (Å²) in [7, 11) is 1.71. The maximum atomic E-state index is 4.98. The molecule has 5 heteroatoms. The van der Waals surface area contributed by atoms with Gasteiger partial charge in [-0.1, -0.05) is 6.92 Å². The fourth-order valence-corrected chi connectivity index (χ4v) is 2.49. The molecule has 0 atom stereocenters. The first-order chi connectivity index (χ1) is 8.31. The number of hydrogen-bond acceptors (Lipinski definition) is 5. The molecule has 0 saturated carbocycles. The van der Waals surface area contributed by atoms with Crippen LogP contribution in [0.4, 0.5) is 5.13 Å². The van der Waals surface area contributed by atoms with Gasteiger partial charge in [0.15, 0.2) is 5.13 Å². The highest BCUT2D eigenvalue weighted by Gasteiger charge is 2.08. The van der Waals surface area contributed by atoms with Gasteiger partial charge in [-0.3, -0.25) is 0 Å². The van der Waals surface area contributed by atoms with Crippen LogP contribution in [0.1, 0.15) is 26.0 Å². The Morgan fingerprint density at radius 1 is 1.47 bits per heavy atom. The molecular weight excluding hydrogens is 234 g/mol. The number of nitrogens with one attached hydrogen (secondary N) is 1. The van der Waals surface area contributed by atoms with E-state index in [4.69, 9.17) is 4.74 Å². The second kappa shape index (κ2) is 8.44. The Labute approximate surface area is 108 Å². The number of thiazole rings is 1. The monoisotopic (exact) mass is 257 g/mol. The third-order valence-electron chi connectivity index (χ3n) is 2.47. The van der Waals surface area contributed by atoms with Crippen molar-refractivity contribution in [3.8, 4) is 0 Å². The maximum Gasteiger partial charge on any atom is 0.185 e. The van der Waals surface area contributed by atoms with E-state index >= 15 is 0 Å². The second-order valence-corrected chi connectivity index (χ2v) is 4.71. The van der Waals surface area contributed by atoms with Gasteiger partial charge in [0.05, 0.1) is 12.3 Å². The van der Waals surface area contributed by atoms with Gasteiger partial charge in [-0.05, 0) is 13.3 Å². The number of hydrogen-bond donors (Lipinski definition) is 1. The molecule has 0 spiro atoms. The lowest BCUT2D eigenvalue weighted by Crippen LogP contribution is -2.23. The summed E-state index contributed by atoms with van der Waals surface area (Å²) in [5, 5.41) is 6.57. The standard InChI is InChI=1S/C12H23N3OS/c1-4-7-15(5-2)12-14-11(10-17-12)9-13-6-8-16-3/h10,13H,4-9H2,1-3H3. The molecule has 98 valence electrons. The molecule has 0 aliphatic rings. The van der Waals surface area contributed by atoms with Gasteiger partial charge in [-0.25, -0.2) is 4.98 Å². The zero-order chi connectivity index (χ0) is 12.5. The summed E-state index contributed by atoms with van der Waals surface area (Å²) in [5.74, 6) is 0. The zero-order valence-electron chi connectivity index (χ0n) is 11.0. The van der Waals surface area contributed by atoms with E-state index in [1.165, 1.54) is 0 Å². The highest BCUT2D eigenvalue weighted by molar-refractivity contribution is 7.13. The highest BCUT2D eigenvalue weighted by atomic mass is 32.1. The number of ether oxygens (including phenoxy) is 1. The minimum Gasteiger partial charge on any atom is -0.383 e. The average molecular weight is 257 g/mol. The summed E-state index contributed by atoms with van der Waals surface area (Å²) < 4.78 is 4.98. The lowest BCUT2D eigenvalue weighted by Gasteiger charge is -2.18. The molecule has 1 rings (SSSR count). The molecule has 17 heavy (non-hydrogen) atoms. The molecule has 0 aliphatic heterocycles. The van der Waals surface area contributed by atoms with E-state index in [0.29, 0.717) is 0 Å². The third-order valence-corrected chi connectivity index (χ3v) is 3.42. The Kier molecular flexibility index (Phi) is 7.16. The smallest absolute Gasteiger partial charge is 0.185 e. The molecule has 4 nitrogen and oxygen atoms in total. The van der Waals surface area contributed by atoms with E-state index in [0.717, 1.165) is 50.0 Å². The van der Waals surface area contributed by atoms with Crippen LogP contribution < -0.4 is 10.2 Å². The zero-order valence-corrected chi connectivity index (χ0v) is 11.8. The van der Waals surface area contributed by atoms with Crippen LogP contribution >= 0.6 is 11.3 Å². The molecule has 0 unspecified atom stereocenters. The first kappa shape index (κ1) is 14.4. The van der Waals surface area contributed by atoms with Crippen LogP contribution in [-0.2, 0) is 11.3 Å². The largest absolute Gasteiger partial charge is 0.383 e.